The van der Waals surface area contributed by atoms with E-state index in [9.17, 15) is 21.6 Å². The second kappa shape index (κ2) is 3.88. The van der Waals surface area contributed by atoms with E-state index in [-0.39, 0.29) is 29.6 Å². The van der Waals surface area contributed by atoms with Gasteiger partial charge in [0.15, 0.2) is 0 Å². The first-order valence-electron chi connectivity index (χ1n) is 1.44. The van der Waals surface area contributed by atoms with Gasteiger partial charge in [0.25, 0.3) is 0 Å². The first-order chi connectivity index (χ1) is 3.81. The maximum Gasteiger partial charge on any atom is 1.00 e. The summed E-state index contributed by atoms with van der Waals surface area (Å²) in [5, 5.41) is 8.79. The van der Waals surface area contributed by atoms with Crippen molar-refractivity contribution in [3.8, 4) is 0 Å². The van der Waals surface area contributed by atoms with Crippen molar-refractivity contribution < 1.29 is 60.7 Å². The topological polar surface area (TPSA) is 66.4 Å². The van der Waals surface area contributed by atoms with Crippen LogP contribution in [0.3, 0.4) is 0 Å². The van der Waals surface area contributed by atoms with E-state index in [1.165, 1.54) is 0 Å². The summed E-state index contributed by atoms with van der Waals surface area (Å²) in [6.07, 6.45) is 0. The first-order valence-corrected chi connectivity index (χ1v) is 2.85. The van der Waals surface area contributed by atoms with Gasteiger partial charge in [0.2, 0.25) is 0 Å². The second-order valence-corrected chi connectivity index (χ2v) is 2.48. The molecule has 0 aromatic heterocycles. The van der Waals surface area contributed by atoms with Crippen molar-refractivity contribution in [1.82, 2.24) is 0 Å². The summed E-state index contributed by atoms with van der Waals surface area (Å²) in [6.45, 7) is 0. The average molecular weight is 188 g/mol. The molecule has 0 aliphatic carbocycles. The molecule has 0 saturated heterocycles. The Morgan fingerprint density at radius 2 is 1.60 bits per heavy atom. The smallest absolute Gasteiger partial charge is 0.707 e. The Morgan fingerprint density at radius 1 is 1.30 bits per heavy atom. The van der Waals surface area contributed by atoms with Crippen molar-refractivity contribution in [3.05, 3.63) is 0 Å². The molecule has 9 heteroatoms. The summed E-state index contributed by atoms with van der Waals surface area (Å²) < 4.78 is 53.4. The molecule has 0 atom stereocenters. The Kier molecular flexibility index (Phi) is 5.15. The molecule has 0 heterocycles. The van der Waals surface area contributed by atoms with Crippen LogP contribution in [-0.2, 0) is 14.5 Å². The van der Waals surface area contributed by atoms with E-state index in [2.05, 4.69) is 0 Å². The van der Waals surface area contributed by atoms with Gasteiger partial charge in [-0.2, -0.15) is 21.6 Å². The van der Waals surface area contributed by atoms with E-state index in [4.69, 9.17) is 5.26 Å². The molecule has 0 bridgehead atoms. The SMILES string of the molecule is O=S(=O)(O[O-])C(F)(F)F.[Na+]. The van der Waals surface area contributed by atoms with Crippen LogP contribution in [0.15, 0.2) is 0 Å². The minimum atomic E-state index is -5.89. The van der Waals surface area contributed by atoms with Gasteiger partial charge >= 0.3 is 45.2 Å². The molecule has 0 aliphatic rings. The Hall–Kier alpha value is 0.660. The van der Waals surface area contributed by atoms with E-state index in [0.29, 0.717) is 0 Å². The molecule has 0 amide bonds. The standard InChI is InChI=1S/CHF3O4S.Na/c2-1(3,4)9(6,7)8-5;/h5H;/q;+1/p-1. The fourth-order valence-electron chi connectivity index (χ4n) is 0.0386. The summed E-state index contributed by atoms with van der Waals surface area (Å²) >= 11 is 0. The summed E-state index contributed by atoms with van der Waals surface area (Å²) in [4.78, 5) is 0. The number of hydrogen-bond donors (Lipinski definition) is 0. The minimum absolute atomic E-state index is 0. The van der Waals surface area contributed by atoms with E-state index in [0.717, 1.165) is 0 Å². The molecule has 0 fully saturated rings. The molecule has 0 radical (unpaired) electrons. The molecule has 0 aromatic rings. The van der Waals surface area contributed by atoms with Gasteiger partial charge in [-0.15, -0.1) is 0 Å². The minimum Gasteiger partial charge on any atom is -0.707 e. The van der Waals surface area contributed by atoms with E-state index >= 15 is 0 Å². The second-order valence-electron chi connectivity index (χ2n) is 0.968. The summed E-state index contributed by atoms with van der Waals surface area (Å²) in [7, 11) is -5.89. The molecular weight excluding hydrogens is 188 g/mol. The maximum absolute atomic E-state index is 10.9. The molecule has 56 valence electrons. The van der Waals surface area contributed by atoms with Gasteiger partial charge in [0.05, 0.1) is 0 Å². The zero-order valence-electron chi connectivity index (χ0n) is 4.68. The van der Waals surface area contributed by atoms with Crippen molar-refractivity contribution in [2.75, 3.05) is 0 Å². The van der Waals surface area contributed by atoms with E-state index in [1.807, 2.05) is 4.33 Å². The van der Waals surface area contributed by atoms with Gasteiger partial charge in [-0.1, -0.05) is 0 Å². The van der Waals surface area contributed by atoms with Gasteiger partial charge in [-0.3, -0.25) is 0 Å². The number of halogens is 3. The monoisotopic (exact) mass is 188 g/mol. The van der Waals surface area contributed by atoms with E-state index in [1.54, 1.807) is 0 Å². The molecular formula is CF3NaO4S. The normalized spacial score (nSPS) is 12.4. The third kappa shape index (κ3) is 3.17. The number of alkyl halides is 3. The van der Waals surface area contributed by atoms with Gasteiger partial charge in [0.1, 0.15) is 0 Å². The van der Waals surface area contributed by atoms with Crippen LogP contribution in [0.25, 0.3) is 0 Å². The van der Waals surface area contributed by atoms with Crippen LogP contribution in [0.4, 0.5) is 13.2 Å². The van der Waals surface area contributed by atoms with Crippen molar-refractivity contribution in [2.24, 2.45) is 0 Å². The van der Waals surface area contributed by atoms with Crippen LogP contribution in [0.2, 0.25) is 0 Å². The van der Waals surface area contributed by atoms with Gasteiger partial charge in [-0.05, 0) is 0 Å². The van der Waals surface area contributed by atoms with Crippen molar-refractivity contribution in [2.45, 2.75) is 5.51 Å². The van der Waals surface area contributed by atoms with Gasteiger partial charge in [-0.25, -0.2) is 0 Å². The number of rotatable bonds is 1. The largest absolute Gasteiger partial charge is 1.00 e. The average Bonchev–Trinajstić information content (AvgIpc) is 1.64. The quantitative estimate of drug-likeness (QED) is 0.183. The third-order valence-electron chi connectivity index (χ3n) is 0.373. The third-order valence-corrected chi connectivity index (χ3v) is 1.12. The van der Waals surface area contributed by atoms with Gasteiger partial charge in [0, 0.05) is 0 Å². The molecule has 4 nitrogen and oxygen atoms in total. The molecule has 0 N–H and O–H groups in total. The van der Waals surface area contributed by atoms with Crippen LogP contribution in [0, 0.1) is 0 Å². The zero-order valence-corrected chi connectivity index (χ0v) is 7.49. The zero-order chi connectivity index (χ0) is 7.71. The predicted octanol–water partition coefficient (Wildman–Crippen LogP) is -3.87. The Bertz CT molecular complexity index is 181. The predicted molar refractivity (Wildman–Crippen MR) is 16.1 cm³/mol. The van der Waals surface area contributed by atoms with Crippen LogP contribution in [-0.4, -0.2) is 13.9 Å². The molecule has 0 spiro atoms. The summed E-state index contributed by atoms with van der Waals surface area (Å²) in [6, 6.07) is 0. The van der Waals surface area contributed by atoms with Crippen molar-refractivity contribution in [1.29, 1.82) is 0 Å². The first kappa shape index (κ1) is 13.3. The Balaban J connectivity index is 0. The van der Waals surface area contributed by atoms with Gasteiger partial charge < -0.3 is 9.59 Å². The summed E-state index contributed by atoms with van der Waals surface area (Å²) in [5.74, 6) is 0. The molecule has 10 heavy (non-hydrogen) atoms. The molecule has 0 rings (SSSR count). The van der Waals surface area contributed by atoms with Crippen molar-refractivity contribution in [3.63, 3.8) is 0 Å². The Morgan fingerprint density at radius 3 is 1.60 bits per heavy atom. The molecule has 0 unspecified atom stereocenters. The van der Waals surface area contributed by atoms with Crippen LogP contribution < -0.4 is 34.8 Å². The maximum atomic E-state index is 10.9. The van der Waals surface area contributed by atoms with E-state index < -0.39 is 15.6 Å². The van der Waals surface area contributed by atoms with Crippen LogP contribution in [0.1, 0.15) is 0 Å². The summed E-state index contributed by atoms with van der Waals surface area (Å²) in [5.41, 5.74) is -5.62. The fraction of sp³-hybridized carbons (Fsp3) is 1.00. The molecule has 0 saturated carbocycles. The van der Waals surface area contributed by atoms with Crippen LogP contribution >= 0.6 is 0 Å². The number of hydrogen-bond acceptors (Lipinski definition) is 4. The fourth-order valence-corrected chi connectivity index (χ4v) is 0.116. The molecule has 0 aliphatic heterocycles. The van der Waals surface area contributed by atoms with Crippen molar-refractivity contribution >= 4 is 10.1 Å². The molecule has 0 aromatic carbocycles. The Labute approximate surface area is 76.3 Å². The van der Waals surface area contributed by atoms with Crippen LogP contribution in [0.5, 0.6) is 0 Å².